The van der Waals surface area contributed by atoms with Crippen LogP contribution in [-0.4, -0.2) is 36.6 Å². The molecule has 1 aromatic rings. The first-order valence-electron chi connectivity index (χ1n) is 7.25. The number of halogens is 3. The quantitative estimate of drug-likeness (QED) is 0.823. The van der Waals surface area contributed by atoms with E-state index in [4.69, 9.17) is 0 Å². The molecule has 0 bridgehead atoms. The van der Waals surface area contributed by atoms with Crippen LogP contribution in [0.5, 0.6) is 0 Å². The molecule has 2 saturated heterocycles. The summed E-state index contributed by atoms with van der Waals surface area (Å²) >= 11 is 0. The molecular weight excluding hydrogens is 265 g/mol. The van der Waals surface area contributed by atoms with Gasteiger partial charge in [0.1, 0.15) is 11.5 Å². The first kappa shape index (κ1) is 13.7. The highest BCUT2D eigenvalue weighted by Gasteiger charge is 2.37. The third kappa shape index (κ3) is 2.28. The van der Waals surface area contributed by atoms with Gasteiger partial charge in [-0.2, -0.15) is 0 Å². The number of nitrogens with zero attached hydrogens (tertiary/aromatic N) is 2. The fourth-order valence-electron chi connectivity index (χ4n) is 3.52. The minimum absolute atomic E-state index is 0.0650. The van der Waals surface area contributed by atoms with Crippen LogP contribution >= 0.6 is 0 Å². The van der Waals surface area contributed by atoms with E-state index in [0.717, 1.165) is 44.5 Å². The Bertz CT molecular complexity index is 483. The summed E-state index contributed by atoms with van der Waals surface area (Å²) in [7, 11) is 0. The smallest absolute Gasteiger partial charge is 0.152 e. The zero-order chi connectivity index (χ0) is 14.3. The molecule has 3 rings (SSSR count). The van der Waals surface area contributed by atoms with E-state index >= 15 is 0 Å². The van der Waals surface area contributed by atoms with Crippen molar-refractivity contribution in [2.24, 2.45) is 0 Å². The van der Waals surface area contributed by atoms with Crippen molar-refractivity contribution in [2.45, 2.75) is 38.3 Å². The average molecular weight is 284 g/mol. The predicted octanol–water partition coefficient (Wildman–Crippen LogP) is 3.17. The number of fused-ring (bicyclic) bond motifs is 1. The molecule has 0 N–H and O–H groups in total. The Hall–Kier alpha value is -1.23. The number of hydrogen-bond acceptors (Lipinski definition) is 2. The van der Waals surface area contributed by atoms with E-state index in [9.17, 15) is 13.2 Å². The third-order valence-corrected chi connectivity index (χ3v) is 4.53. The minimum Gasteiger partial charge on any atom is -0.361 e. The Labute approximate surface area is 117 Å². The first-order valence-corrected chi connectivity index (χ1v) is 7.25. The van der Waals surface area contributed by atoms with E-state index in [2.05, 4.69) is 4.90 Å². The second-order valence-corrected chi connectivity index (χ2v) is 5.72. The highest BCUT2D eigenvalue weighted by molar-refractivity contribution is 5.51. The van der Waals surface area contributed by atoms with Crippen molar-refractivity contribution in [3.8, 4) is 0 Å². The van der Waals surface area contributed by atoms with Gasteiger partial charge in [0, 0.05) is 37.3 Å². The van der Waals surface area contributed by atoms with Crippen molar-refractivity contribution in [3.05, 3.63) is 29.6 Å². The van der Waals surface area contributed by atoms with E-state index in [0.29, 0.717) is 12.6 Å². The van der Waals surface area contributed by atoms with Gasteiger partial charge in [-0.25, -0.2) is 13.2 Å². The molecule has 110 valence electrons. The second kappa shape index (κ2) is 5.28. The highest BCUT2D eigenvalue weighted by atomic mass is 19.1. The molecule has 2 aliphatic rings. The SMILES string of the molecule is CCC1CN2CCCC2CN1c1c(F)cc(F)cc1F. The zero-order valence-electron chi connectivity index (χ0n) is 11.6. The average Bonchev–Trinajstić information content (AvgIpc) is 2.83. The topological polar surface area (TPSA) is 6.48 Å². The lowest BCUT2D eigenvalue weighted by molar-refractivity contribution is 0.193. The molecule has 2 heterocycles. The van der Waals surface area contributed by atoms with Crippen molar-refractivity contribution in [2.75, 3.05) is 24.5 Å². The maximum atomic E-state index is 14.0. The molecule has 2 fully saturated rings. The normalized spacial score (nSPS) is 26.9. The molecule has 0 saturated carbocycles. The van der Waals surface area contributed by atoms with E-state index < -0.39 is 17.5 Å². The van der Waals surface area contributed by atoms with Crippen LogP contribution in [0, 0.1) is 17.5 Å². The van der Waals surface area contributed by atoms with E-state index in [1.807, 2.05) is 6.92 Å². The first-order chi connectivity index (χ1) is 9.60. The van der Waals surface area contributed by atoms with Crippen LogP contribution in [-0.2, 0) is 0 Å². The molecule has 0 amide bonds. The molecule has 0 aromatic heterocycles. The lowest BCUT2D eigenvalue weighted by Crippen LogP contribution is -2.56. The van der Waals surface area contributed by atoms with Crippen LogP contribution in [0.3, 0.4) is 0 Å². The van der Waals surface area contributed by atoms with Crippen molar-refractivity contribution in [1.82, 2.24) is 4.90 Å². The van der Waals surface area contributed by atoms with Crippen LogP contribution in [0.2, 0.25) is 0 Å². The molecule has 2 atom stereocenters. The van der Waals surface area contributed by atoms with Gasteiger partial charge in [-0.15, -0.1) is 0 Å². The molecule has 0 spiro atoms. The molecule has 2 aliphatic heterocycles. The molecular formula is C15H19F3N2. The summed E-state index contributed by atoms with van der Waals surface area (Å²) in [5.41, 5.74) is -0.0650. The third-order valence-electron chi connectivity index (χ3n) is 4.53. The summed E-state index contributed by atoms with van der Waals surface area (Å²) in [6.45, 7) is 4.55. The monoisotopic (exact) mass is 284 g/mol. The van der Waals surface area contributed by atoms with E-state index in [1.165, 1.54) is 0 Å². The van der Waals surface area contributed by atoms with Crippen molar-refractivity contribution in [3.63, 3.8) is 0 Å². The van der Waals surface area contributed by atoms with Gasteiger partial charge < -0.3 is 4.90 Å². The Morgan fingerprint density at radius 2 is 1.85 bits per heavy atom. The summed E-state index contributed by atoms with van der Waals surface area (Å²) in [5.74, 6) is -2.46. The van der Waals surface area contributed by atoms with Gasteiger partial charge >= 0.3 is 0 Å². The molecule has 2 nitrogen and oxygen atoms in total. The molecule has 0 aliphatic carbocycles. The van der Waals surface area contributed by atoms with Crippen LogP contribution in [0.4, 0.5) is 18.9 Å². The number of benzene rings is 1. The molecule has 20 heavy (non-hydrogen) atoms. The van der Waals surface area contributed by atoms with Crippen LogP contribution in [0.25, 0.3) is 0 Å². The maximum Gasteiger partial charge on any atom is 0.152 e. The number of piperazine rings is 1. The summed E-state index contributed by atoms with van der Waals surface area (Å²) in [6, 6.07) is 1.98. The second-order valence-electron chi connectivity index (χ2n) is 5.72. The maximum absolute atomic E-state index is 14.0. The number of anilines is 1. The fourth-order valence-corrected chi connectivity index (χ4v) is 3.52. The highest BCUT2D eigenvalue weighted by Crippen LogP contribution is 2.33. The Morgan fingerprint density at radius 1 is 1.15 bits per heavy atom. The largest absolute Gasteiger partial charge is 0.361 e. The van der Waals surface area contributed by atoms with Gasteiger partial charge in [-0.1, -0.05) is 6.92 Å². The van der Waals surface area contributed by atoms with Crippen LogP contribution < -0.4 is 4.90 Å². The summed E-state index contributed by atoms with van der Waals surface area (Å²) in [4.78, 5) is 4.21. The van der Waals surface area contributed by atoms with Crippen LogP contribution in [0.15, 0.2) is 12.1 Å². The molecule has 0 radical (unpaired) electrons. The minimum atomic E-state index is -0.865. The molecule has 5 heteroatoms. The number of rotatable bonds is 2. The van der Waals surface area contributed by atoms with E-state index in [1.54, 1.807) is 4.90 Å². The van der Waals surface area contributed by atoms with Crippen molar-refractivity contribution >= 4 is 5.69 Å². The van der Waals surface area contributed by atoms with Gasteiger partial charge in [-0.3, -0.25) is 4.90 Å². The predicted molar refractivity (Wildman–Crippen MR) is 72.3 cm³/mol. The standard InChI is InChI=1S/C15H19F3N2/c1-2-11-8-19-5-3-4-12(19)9-20(11)15-13(17)6-10(16)7-14(15)18/h6-7,11-12H,2-5,8-9H2,1H3. The van der Waals surface area contributed by atoms with Crippen LogP contribution in [0.1, 0.15) is 26.2 Å². The van der Waals surface area contributed by atoms with Crippen molar-refractivity contribution < 1.29 is 13.2 Å². The van der Waals surface area contributed by atoms with Gasteiger partial charge in [0.25, 0.3) is 0 Å². The lowest BCUT2D eigenvalue weighted by atomic mass is 10.0. The summed E-state index contributed by atoms with van der Waals surface area (Å²) in [6.07, 6.45) is 3.03. The fraction of sp³-hybridized carbons (Fsp3) is 0.600. The van der Waals surface area contributed by atoms with Gasteiger partial charge in [0.15, 0.2) is 11.6 Å². The Morgan fingerprint density at radius 3 is 2.50 bits per heavy atom. The van der Waals surface area contributed by atoms with E-state index in [-0.39, 0.29) is 11.7 Å². The summed E-state index contributed by atoms with van der Waals surface area (Å²) < 4.78 is 41.1. The Kier molecular flexibility index (Phi) is 3.63. The van der Waals surface area contributed by atoms with Gasteiger partial charge in [0.05, 0.1) is 0 Å². The number of hydrogen-bond donors (Lipinski definition) is 0. The van der Waals surface area contributed by atoms with Crippen molar-refractivity contribution in [1.29, 1.82) is 0 Å². The summed E-state index contributed by atoms with van der Waals surface area (Å²) in [5, 5.41) is 0. The lowest BCUT2D eigenvalue weighted by Gasteiger charge is -2.45. The molecule has 1 aromatic carbocycles. The van der Waals surface area contributed by atoms with Gasteiger partial charge in [0.2, 0.25) is 0 Å². The Balaban J connectivity index is 1.95. The van der Waals surface area contributed by atoms with Gasteiger partial charge in [-0.05, 0) is 25.8 Å². The molecule has 2 unspecified atom stereocenters. The zero-order valence-corrected chi connectivity index (χ0v) is 11.6.